The maximum atomic E-state index is 14.4. The van der Waals surface area contributed by atoms with E-state index in [9.17, 15) is 12.8 Å². The molecular weight excluding hydrogens is 369 g/mol. The van der Waals surface area contributed by atoms with Crippen LogP contribution < -0.4 is 5.73 Å². The Kier molecular flexibility index (Phi) is 4.67. The molecule has 27 heavy (non-hydrogen) atoms. The molecule has 2 aromatic carbocycles. The first kappa shape index (κ1) is 18.0. The SMILES string of the molecule is NCc1cn(C2CCCN(S(=O)(=O)c3cc(F)c4ccccc4c3)C2)nn1. The number of hydrogen-bond donors (Lipinski definition) is 1. The number of rotatable bonds is 4. The molecule has 0 amide bonds. The Labute approximate surface area is 156 Å². The Morgan fingerprint density at radius 1 is 1.26 bits per heavy atom. The number of sulfonamides is 1. The molecule has 0 saturated carbocycles. The van der Waals surface area contributed by atoms with Crippen molar-refractivity contribution in [3.63, 3.8) is 0 Å². The van der Waals surface area contributed by atoms with Gasteiger partial charge in [-0.1, -0.05) is 29.5 Å². The molecule has 4 rings (SSSR count). The Hall–Kier alpha value is -2.36. The molecule has 0 radical (unpaired) electrons. The van der Waals surface area contributed by atoms with Crippen LogP contribution in [-0.4, -0.2) is 40.8 Å². The van der Waals surface area contributed by atoms with Gasteiger partial charge >= 0.3 is 0 Å². The molecule has 7 nitrogen and oxygen atoms in total. The predicted molar refractivity (Wildman–Crippen MR) is 98.8 cm³/mol. The average molecular weight is 389 g/mol. The molecule has 3 aromatic rings. The summed E-state index contributed by atoms with van der Waals surface area (Å²) in [6.07, 6.45) is 3.24. The van der Waals surface area contributed by atoms with Crippen LogP contribution in [0.25, 0.3) is 10.8 Å². The third-order valence-corrected chi connectivity index (χ3v) is 6.77. The van der Waals surface area contributed by atoms with Crippen molar-refractivity contribution in [2.45, 2.75) is 30.3 Å². The predicted octanol–water partition coefficient (Wildman–Crippen LogP) is 2.05. The van der Waals surface area contributed by atoms with Gasteiger partial charge < -0.3 is 5.73 Å². The van der Waals surface area contributed by atoms with E-state index in [1.54, 1.807) is 35.1 Å². The van der Waals surface area contributed by atoms with Gasteiger partial charge in [-0.25, -0.2) is 17.5 Å². The molecule has 1 atom stereocenters. The van der Waals surface area contributed by atoms with Gasteiger partial charge in [-0.15, -0.1) is 5.10 Å². The smallest absolute Gasteiger partial charge is 0.243 e. The first-order valence-corrected chi connectivity index (χ1v) is 10.2. The van der Waals surface area contributed by atoms with Crippen LogP contribution >= 0.6 is 0 Å². The normalized spacial score (nSPS) is 18.8. The van der Waals surface area contributed by atoms with Gasteiger partial charge in [-0.2, -0.15) is 4.31 Å². The highest BCUT2D eigenvalue weighted by Crippen LogP contribution is 2.29. The number of hydrogen-bond acceptors (Lipinski definition) is 5. The Morgan fingerprint density at radius 3 is 2.85 bits per heavy atom. The van der Waals surface area contributed by atoms with E-state index in [2.05, 4.69) is 10.3 Å². The summed E-state index contributed by atoms with van der Waals surface area (Å²) < 4.78 is 43.7. The summed E-state index contributed by atoms with van der Waals surface area (Å²) >= 11 is 0. The third kappa shape index (κ3) is 3.33. The summed E-state index contributed by atoms with van der Waals surface area (Å²) in [5.74, 6) is -0.538. The maximum Gasteiger partial charge on any atom is 0.243 e. The van der Waals surface area contributed by atoms with Crippen LogP contribution in [0.4, 0.5) is 4.39 Å². The van der Waals surface area contributed by atoms with Crippen molar-refractivity contribution in [3.8, 4) is 0 Å². The molecule has 1 aromatic heterocycles. The van der Waals surface area contributed by atoms with Crippen LogP contribution in [0.15, 0.2) is 47.5 Å². The number of aromatic nitrogens is 3. The highest BCUT2D eigenvalue weighted by molar-refractivity contribution is 7.89. The number of fused-ring (bicyclic) bond motifs is 1. The summed E-state index contributed by atoms with van der Waals surface area (Å²) in [6, 6.07) is 9.34. The van der Waals surface area contributed by atoms with E-state index in [1.165, 1.54) is 10.4 Å². The van der Waals surface area contributed by atoms with E-state index in [1.807, 2.05) is 0 Å². The highest BCUT2D eigenvalue weighted by atomic mass is 32.2. The van der Waals surface area contributed by atoms with Gasteiger partial charge in [-0.05, 0) is 30.4 Å². The van der Waals surface area contributed by atoms with Crippen LogP contribution in [0, 0.1) is 5.82 Å². The molecule has 0 aliphatic carbocycles. The minimum Gasteiger partial charge on any atom is -0.325 e. The summed E-state index contributed by atoms with van der Waals surface area (Å²) in [5, 5.41) is 9.00. The summed E-state index contributed by atoms with van der Waals surface area (Å²) in [5.41, 5.74) is 6.23. The number of piperidine rings is 1. The summed E-state index contributed by atoms with van der Waals surface area (Å²) in [7, 11) is -3.81. The monoisotopic (exact) mass is 389 g/mol. The molecule has 1 aliphatic rings. The molecule has 0 bridgehead atoms. The Balaban J connectivity index is 1.65. The maximum absolute atomic E-state index is 14.4. The summed E-state index contributed by atoms with van der Waals surface area (Å²) in [4.78, 5) is -0.0272. The lowest BCUT2D eigenvalue weighted by atomic mass is 10.1. The standard InChI is InChI=1S/C18H20FN5O2S/c19-18-9-16(8-13-4-1-2-6-17(13)18)27(25,26)23-7-3-5-15(12-23)24-11-14(10-20)21-22-24/h1-2,4,6,8-9,11,15H,3,5,7,10,12,20H2. The average Bonchev–Trinajstić information content (AvgIpc) is 3.17. The molecule has 1 unspecified atom stereocenters. The number of nitrogens with zero attached hydrogens (tertiary/aromatic N) is 4. The molecule has 2 heterocycles. The van der Waals surface area contributed by atoms with E-state index < -0.39 is 15.8 Å². The van der Waals surface area contributed by atoms with Crippen LogP contribution in [0.5, 0.6) is 0 Å². The largest absolute Gasteiger partial charge is 0.325 e. The molecule has 1 fully saturated rings. The van der Waals surface area contributed by atoms with Crippen LogP contribution in [0.2, 0.25) is 0 Å². The number of benzene rings is 2. The summed E-state index contributed by atoms with van der Waals surface area (Å²) in [6.45, 7) is 0.945. The van der Waals surface area contributed by atoms with Crippen molar-refractivity contribution < 1.29 is 12.8 Å². The van der Waals surface area contributed by atoms with E-state index in [0.29, 0.717) is 29.4 Å². The van der Waals surface area contributed by atoms with Crippen molar-refractivity contribution >= 4 is 20.8 Å². The van der Waals surface area contributed by atoms with Crippen molar-refractivity contribution in [1.29, 1.82) is 0 Å². The topological polar surface area (TPSA) is 94.1 Å². The molecular formula is C18H20FN5O2S. The molecule has 142 valence electrons. The third-order valence-electron chi connectivity index (χ3n) is 4.92. The van der Waals surface area contributed by atoms with E-state index >= 15 is 0 Å². The zero-order valence-corrected chi connectivity index (χ0v) is 15.4. The van der Waals surface area contributed by atoms with Crippen molar-refractivity contribution in [2.75, 3.05) is 13.1 Å². The zero-order valence-electron chi connectivity index (χ0n) is 14.6. The van der Waals surface area contributed by atoms with Crippen molar-refractivity contribution in [1.82, 2.24) is 19.3 Å². The lowest BCUT2D eigenvalue weighted by Gasteiger charge is -2.31. The van der Waals surface area contributed by atoms with Gasteiger partial charge in [0.1, 0.15) is 5.82 Å². The van der Waals surface area contributed by atoms with Gasteiger partial charge in [-0.3, -0.25) is 0 Å². The van der Waals surface area contributed by atoms with Gasteiger partial charge in [0.2, 0.25) is 10.0 Å². The van der Waals surface area contributed by atoms with E-state index in [4.69, 9.17) is 5.73 Å². The van der Waals surface area contributed by atoms with Gasteiger partial charge in [0.25, 0.3) is 0 Å². The molecule has 9 heteroatoms. The van der Waals surface area contributed by atoms with E-state index in [0.717, 1.165) is 12.5 Å². The second-order valence-corrected chi connectivity index (χ2v) is 8.62. The van der Waals surface area contributed by atoms with Crippen molar-refractivity contribution in [2.24, 2.45) is 5.73 Å². The van der Waals surface area contributed by atoms with Crippen molar-refractivity contribution in [3.05, 3.63) is 54.1 Å². The molecule has 1 saturated heterocycles. The van der Waals surface area contributed by atoms with Gasteiger partial charge in [0.05, 0.1) is 22.8 Å². The Morgan fingerprint density at radius 2 is 2.07 bits per heavy atom. The van der Waals surface area contributed by atoms with Crippen LogP contribution in [0.3, 0.4) is 0 Å². The minimum atomic E-state index is -3.81. The molecule has 2 N–H and O–H groups in total. The number of halogens is 1. The quantitative estimate of drug-likeness (QED) is 0.737. The fourth-order valence-corrected chi connectivity index (χ4v) is 5.04. The van der Waals surface area contributed by atoms with Gasteiger partial charge in [0.15, 0.2) is 0 Å². The first-order valence-electron chi connectivity index (χ1n) is 8.78. The lowest BCUT2D eigenvalue weighted by molar-refractivity contribution is 0.251. The molecule has 1 aliphatic heterocycles. The second-order valence-electron chi connectivity index (χ2n) is 6.68. The van der Waals surface area contributed by atoms with Gasteiger partial charge in [0, 0.05) is 25.0 Å². The number of nitrogens with two attached hydrogens (primary N) is 1. The lowest BCUT2D eigenvalue weighted by Crippen LogP contribution is -2.40. The van der Waals surface area contributed by atoms with Crippen LogP contribution in [0.1, 0.15) is 24.6 Å². The fraction of sp³-hybridized carbons (Fsp3) is 0.333. The Bertz CT molecular complexity index is 1080. The minimum absolute atomic E-state index is 0.0272. The second kappa shape index (κ2) is 6.99. The molecule has 0 spiro atoms. The fourth-order valence-electron chi connectivity index (χ4n) is 3.48. The highest BCUT2D eigenvalue weighted by Gasteiger charge is 2.32. The zero-order chi connectivity index (χ0) is 19.0. The first-order chi connectivity index (χ1) is 13.0. The van der Waals surface area contributed by atoms with E-state index in [-0.39, 0.29) is 24.0 Å². The van der Waals surface area contributed by atoms with Crippen LogP contribution in [-0.2, 0) is 16.6 Å².